The van der Waals surface area contributed by atoms with Gasteiger partial charge in [0.1, 0.15) is 5.75 Å². The van der Waals surface area contributed by atoms with E-state index in [2.05, 4.69) is 57.1 Å². The quantitative estimate of drug-likeness (QED) is 0.658. The molecule has 0 bridgehead atoms. The van der Waals surface area contributed by atoms with Crippen LogP contribution in [0.3, 0.4) is 0 Å². The molecule has 112 valence electrons. The Kier molecular flexibility index (Phi) is 5.85. The summed E-state index contributed by atoms with van der Waals surface area (Å²) in [6.45, 7) is 4.25. The number of rotatable bonds is 5. The van der Waals surface area contributed by atoms with E-state index in [-0.39, 0.29) is 12.1 Å². The maximum Gasteiger partial charge on any atom is 0.120 e. The van der Waals surface area contributed by atoms with Crippen molar-refractivity contribution in [3.8, 4) is 5.75 Å². The van der Waals surface area contributed by atoms with Crippen molar-refractivity contribution in [1.29, 1.82) is 0 Å². The van der Waals surface area contributed by atoms with Crippen LogP contribution in [0.2, 0.25) is 0 Å². The number of aromatic hydroxyl groups is 1. The highest BCUT2D eigenvalue weighted by Crippen LogP contribution is 2.32. The molecule has 0 aromatic heterocycles. The van der Waals surface area contributed by atoms with E-state index in [9.17, 15) is 5.11 Å². The van der Waals surface area contributed by atoms with Crippen LogP contribution in [0.5, 0.6) is 5.75 Å². The standard InChI is InChI=1S/C17H19Br2NO/c1-3-16(14-10-12(18)8-9-17(14)21)20-11(2)13-6-4-5-7-15(13)19/h4-11,16,20-21H,3H2,1-2H3. The normalized spacial score (nSPS) is 13.9. The molecule has 0 radical (unpaired) electrons. The van der Waals surface area contributed by atoms with E-state index < -0.39 is 0 Å². The Hall–Kier alpha value is -0.840. The second-order valence-electron chi connectivity index (χ2n) is 5.07. The van der Waals surface area contributed by atoms with E-state index in [1.165, 1.54) is 5.56 Å². The molecule has 2 aromatic rings. The van der Waals surface area contributed by atoms with Crippen LogP contribution < -0.4 is 5.32 Å². The van der Waals surface area contributed by atoms with Crippen LogP contribution in [0.4, 0.5) is 0 Å². The summed E-state index contributed by atoms with van der Waals surface area (Å²) in [6, 6.07) is 14.0. The van der Waals surface area contributed by atoms with Crippen molar-refractivity contribution in [1.82, 2.24) is 5.32 Å². The summed E-state index contributed by atoms with van der Waals surface area (Å²) < 4.78 is 2.07. The van der Waals surface area contributed by atoms with Gasteiger partial charge in [0.15, 0.2) is 0 Å². The minimum Gasteiger partial charge on any atom is -0.508 e. The maximum atomic E-state index is 10.1. The average Bonchev–Trinajstić information content (AvgIpc) is 2.47. The summed E-state index contributed by atoms with van der Waals surface area (Å²) in [4.78, 5) is 0. The van der Waals surface area contributed by atoms with Crippen molar-refractivity contribution >= 4 is 31.9 Å². The molecule has 2 atom stereocenters. The Labute approximate surface area is 142 Å². The molecule has 2 unspecified atom stereocenters. The van der Waals surface area contributed by atoms with Gasteiger partial charge in [-0.1, -0.05) is 57.0 Å². The second-order valence-corrected chi connectivity index (χ2v) is 6.84. The zero-order valence-corrected chi connectivity index (χ0v) is 15.3. The number of hydrogen-bond donors (Lipinski definition) is 2. The van der Waals surface area contributed by atoms with Gasteiger partial charge in [0.05, 0.1) is 0 Å². The van der Waals surface area contributed by atoms with Crippen LogP contribution >= 0.6 is 31.9 Å². The van der Waals surface area contributed by atoms with Crippen LogP contribution in [0.25, 0.3) is 0 Å². The van der Waals surface area contributed by atoms with E-state index in [1.54, 1.807) is 6.07 Å². The first kappa shape index (κ1) is 16.5. The lowest BCUT2D eigenvalue weighted by atomic mass is 10.0. The third-order valence-electron chi connectivity index (χ3n) is 3.60. The molecule has 2 nitrogen and oxygen atoms in total. The molecule has 2 rings (SSSR count). The lowest BCUT2D eigenvalue weighted by Gasteiger charge is -2.24. The summed E-state index contributed by atoms with van der Waals surface area (Å²) in [5.41, 5.74) is 2.14. The molecule has 0 amide bonds. The van der Waals surface area contributed by atoms with Crippen molar-refractivity contribution in [2.45, 2.75) is 32.4 Å². The Morgan fingerprint density at radius 2 is 1.81 bits per heavy atom. The van der Waals surface area contributed by atoms with Gasteiger partial charge >= 0.3 is 0 Å². The highest BCUT2D eigenvalue weighted by atomic mass is 79.9. The Morgan fingerprint density at radius 1 is 1.10 bits per heavy atom. The predicted molar refractivity (Wildman–Crippen MR) is 94.5 cm³/mol. The fraction of sp³-hybridized carbons (Fsp3) is 0.294. The minimum absolute atomic E-state index is 0.101. The van der Waals surface area contributed by atoms with Crippen LogP contribution in [-0.4, -0.2) is 5.11 Å². The Balaban J connectivity index is 2.23. The van der Waals surface area contributed by atoms with E-state index >= 15 is 0 Å². The summed E-state index contributed by atoms with van der Waals surface area (Å²) in [5, 5.41) is 13.7. The molecule has 0 fully saturated rings. The van der Waals surface area contributed by atoms with Crippen LogP contribution in [0.15, 0.2) is 51.4 Å². The van der Waals surface area contributed by atoms with Gasteiger partial charge in [0.25, 0.3) is 0 Å². The molecular weight excluding hydrogens is 394 g/mol. The van der Waals surface area contributed by atoms with Crippen molar-refractivity contribution in [3.05, 3.63) is 62.5 Å². The Morgan fingerprint density at radius 3 is 2.48 bits per heavy atom. The van der Waals surface area contributed by atoms with Gasteiger partial charge in [-0.15, -0.1) is 0 Å². The van der Waals surface area contributed by atoms with Gasteiger partial charge in [-0.25, -0.2) is 0 Å². The van der Waals surface area contributed by atoms with Crippen molar-refractivity contribution < 1.29 is 5.11 Å². The van der Waals surface area contributed by atoms with Gasteiger partial charge in [0.2, 0.25) is 0 Å². The maximum absolute atomic E-state index is 10.1. The lowest BCUT2D eigenvalue weighted by molar-refractivity contribution is 0.418. The number of benzene rings is 2. The molecule has 0 heterocycles. The molecule has 0 saturated carbocycles. The molecule has 0 spiro atoms. The number of nitrogens with one attached hydrogen (secondary N) is 1. The first-order valence-electron chi connectivity index (χ1n) is 7.01. The molecule has 2 N–H and O–H groups in total. The van der Waals surface area contributed by atoms with Crippen LogP contribution in [0, 0.1) is 0 Å². The smallest absolute Gasteiger partial charge is 0.120 e. The number of phenols is 1. The summed E-state index contributed by atoms with van der Waals surface area (Å²) in [5.74, 6) is 0.330. The highest BCUT2D eigenvalue weighted by Gasteiger charge is 2.18. The van der Waals surface area contributed by atoms with E-state index in [1.807, 2.05) is 30.3 Å². The molecule has 0 saturated heterocycles. The summed E-state index contributed by atoms with van der Waals surface area (Å²) in [6.07, 6.45) is 0.902. The molecule has 2 aromatic carbocycles. The second kappa shape index (κ2) is 7.43. The number of halogens is 2. The molecule has 21 heavy (non-hydrogen) atoms. The van der Waals surface area contributed by atoms with Crippen molar-refractivity contribution in [2.24, 2.45) is 0 Å². The largest absolute Gasteiger partial charge is 0.508 e. The van der Waals surface area contributed by atoms with Gasteiger partial charge in [-0.2, -0.15) is 0 Å². The average molecular weight is 413 g/mol. The predicted octanol–water partition coefficient (Wildman–Crippen LogP) is 5.72. The lowest BCUT2D eigenvalue weighted by Crippen LogP contribution is -2.24. The molecule has 4 heteroatoms. The minimum atomic E-state index is 0.101. The zero-order chi connectivity index (χ0) is 15.4. The zero-order valence-electron chi connectivity index (χ0n) is 12.1. The first-order valence-corrected chi connectivity index (χ1v) is 8.60. The number of phenolic OH excluding ortho intramolecular Hbond substituents is 1. The van der Waals surface area contributed by atoms with Crippen molar-refractivity contribution in [2.75, 3.05) is 0 Å². The van der Waals surface area contributed by atoms with E-state index in [0.29, 0.717) is 5.75 Å². The van der Waals surface area contributed by atoms with Crippen molar-refractivity contribution in [3.63, 3.8) is 0 Å². The molecular formula is C17H19Br2NO. The fourth-order valence-electron chi connectivity index (χ4n) is 2.45. The third-order valence-corrected chi connectivity index (χ3v) is 4.81. The van der Waals surface area contributed by atoms with Gasteiger partial charge in [0, 0.05) is 26.6 Å². The molecule has 0 aliphatic heterocycles. The molecule has 0 aliphatic carbocycles. The van der Waals surface area contributed by atoms with Gasteiger partial charge < -0.3 is 10.4 Å². The van der Waals surface area contributed by atoms with Crippen LogP contribution in [-0.2, 0) is 0 Å². The highest BCUT2D eigenvalue weighted by molar-refractivity contribution is 9.10. The van der Waals surface area contributed by atoms with Gasteiger partial charge in [-0.3, -0.25) is 0 Å². The Bertz CT molecular complexity index is 615. The summed E-state index contributed by atoms with van der Waals surface area (Å²) in [7, 11) is 0. The van der Waals surface area contributed by atoms with E-state index in [4.69, 9.17) is 0 Å². The summed E-state index contributed by atoms with van der Waals surface area (Å²) >= 11 is 7.06. The SMILES string of the molecule is CCC(NC(C)c1ccccc1Br)c1cc(Br)ccc1O. The fourth-order valence-corrected chi connectivity index (χ4v) is 3.46. The van der Waals surface area contributed by atoms with Gasteiger partial charge in [-0.05, 0) is 43.2 Å². The number of hydrogen-bond acceptors (Lipinski definition) is 2. The molecule has 0 aliphatic rings. The monoisotopic (exact) mass is 411 g/mol. The first-order chi connectivity index (χ1) is 10.0. The van der Waals surface area contributed by atoms with E-state index in [0.717, 1.165) is 20.9 Å². The topological polar surface area (TPSA) is 32.3 Å². The third kappa shape index (κ3) is 4.09. The van der Waals surface area contributed by atoms with Crippen LogP contribution in [0.1, 0.15) is 43.5 Å².